The number of ether oxygens (including phenoxy) is 1. The Morgan fingerprint density at radius 3 is 2.80 bits per heavy atom. The van der Waals surface area contributed by atoms with Crippen molar-refractivity contribution in [2.24, 2.45) is 5.73 Å². The number of nitrogens with zero attached hydrogens (tertiary/aromatic N) is 1. The SMILES string of the molecule is N#Cc1ccc(F)cc1COc1cccc(CCN)c1. The Kier molecular flexibility index (Phi) is 4.70. The van der Waals surface area contributed by atoms with Gasteiger partial charge in [0.1, 0.15) is 18.2 Å². The number of benzene rings is 2. The van der Waals surface area contributed by atoms with Crippen LogP contribution < -0.4 is 10.5 Å². The summed E-state index contributed by atoms with van der Waals surface area (Å²) in [6, 6.07) is 13.7. The van der Waals surface area contributed by atoms with E-state index in [0.29, 0.717) is 23.4 Å². The van der Waals surface area contributed by atoms with Crippen LogP contribution in [-0.2, 0) is 13.0 Å². The van der Waals surface area contributed by atoms with Gasteiger partial charge in [-0.25, -0.2) is 4.39 Å². The molecule has 2 aromatic carbocycles. The maximum absolute atomic E-state index is 13.2. The fraction of sp³-hybridized carbons (Fsp3) is 0.188. The van der Waals surface area contributed by atoms with Crippen molar-refractivity contribution < 1.29 is 9.13 Å². The number of hydrogen-bond donors (Lipinski definition) is 1. The minimum Gasteiger partial charge on any atom is -0.489 e. The van der Waals surface area contributed by atoms with Gasteiger partial charge in [0.2, 0.25) is 0 Å². The van der Waals surface area contributed by atoms with Gasteiger partial charge < -0.3 is 10.5 Å². The summed E-state index contributed by atoms with van der Waals surface area (Å²) in [7, 11) is 0. The minimum atomic E-state index is -0.375. The van der Waals surface area contributed by atoms with Gasteiger partial charge in [-0.3, -0.25) is 0 Å². The van der Waals surface area contributed by atoms with E-state index in [1.165, 1.54) is 18.2 Å². The maximum Gasteiger partial charge on any atom is 0.123 e. The molecule has 2 aromatic rings. The largest absolute Gasteiger partial charge is 0.489 e. The van der Waals surface area contributed by atoms with Crippen molar-refractivity contribution in [3.05, 3.63) is 65.0 Å². The topological polar surface area (TPSA) is 59.0 Å². The van der Waals surface area contributed by atoms with Gasteiger partial charge in [0, 0.05) is 5.56 Å². The van der Waals surface area contributed by atoms with Crippen LogP contribution in [0.15, 0.2) is 42.5 Å². The van der Waals surface area contributed by atoms with E-state index < -0.39 is 0 Å². The molecular weight excluding hydrogens is 255 g/mol. The van der Waals surface area contributed by atoms with Crippen LogP contribution in [-0.4, -0.2) is 6.54 Å². The van der Waals surface area contributed by atoms with Gasteiger partial charge in [-0.05, 0) is 48.9 Å². The van der Waals surface area contributed by atoms with Gasteiger partial charge in [0.05, 0.1) is 11.6 Å². The lowest BCUT2D eigenvalue weighted by Gasteiger charge is -2.09. The van der Waals surface area contributed by atoms with Crippen molar-refractivity contribution in [2.75, 3.05) is 6.54 Å². The fourth-order valence-electron chi connectivity index (χ4n) is 1.91. The summed E-state index contributed by atoms with van der Waals surface area (Å²) in [6.07, 6.45) is 0.778. The lowest BCUT2D eigenvalue weighted by atomic mass is 10.1. The number of hydrogen-bond acceptors (Lipinski definition) is 3. The first-order valence-corrected chi connectivity index (χ1v) is 6.33. The first-order valence-electron chi connectivity index (χ1n) is 6.33. The predicted molar refractivity (Wildman–Crippen MR) is 74.6 cm³/mol. The first kappa shape index (κ1) is 14.0. The monoisotopic (exact) mass is 270 g/mol. The summed E-state index contributed by atoms with van der Waals surface area (Å²) in [5, 5.41) is 8.98. The van der Waals surface area contributed by atoms with Crippen LogP contribution in [0.4, 0.5) is 4.39 Å². The van der Waals surface area contributed by atoms with E-state index >= 15 is 0 Å². The molecule has 0 aliphatic rings. The molecule has 4 heteroatoms. The Labute approximate surface area is 117 Å². The molecule has 0 fully saturated rings. The number of nitrogens with two attached hydrogens (primary N) is 1. The van der Waals surface area contributed by atoms with Crippen molar-refractivity contribution >= 4 is 0 Å². The third-order valence-electron chi connectivity index (χ3n) is 2.91. The van der Waals surface area contributed by atoms with Gasteiger partial charge in [0.15, 0.2) is 0 Å². The molecule has 0 radical (unpaired) electrons. The maximum atomic E-state index is 13.2. The van der Waals surface area contributed by atoms with Crippen molar-refractivity contribution in [1.29, 1.82) is 5.26 Å². The molecule has 0 spiro atoms. The average Bonchev–Trinajstić information content (AvgIpc) is 2.46. The fourth-order valence-corrected chi connectivity index (χ4v) is 1.91. The molecule has 0 heterocycles. The summed E-state index contributed by atoms with van der Waals surface area (Å²) in [5.41, 5.74) is 7.56. The lowest BCUT2D eigenvalue weighted by Crippen LogP contribution is -2.03. The van der Waals surface area contributed by atoms with E-state index in [2.05, 4.69) is 0 Å². The Bertz CT molecular complexity index is 635. The molecule has 0 saturated carbocycles. The average molecular weight is 270 g/mol. The second-order valence-electron chi connectivity index (χ2n) is 4.39. The van der Waals surface area contributed by atoms with Crippen molar-refractivity contribution in [1.82, 2.24) is 0 Å². The van der Waals surface area contributed by atoms with E-state index in [4.69, 9.17) is 15.7 Å². The minimum absolute atomic E-state index is 0.159. The molecule has 2 rings (SSSR count). The highest BCUT2D eigenvalue weighted by atomic mass is 19.1. The molecule has 0 atom stereocenters. The molecule has 102 valence electrons. The molecule has 0 aliphatic carbocycles. The summed E-state index contributed by atoms with van der Waals surface area (Å²) < 4.78 is 18.8. The van der Waals surface area contributed by atoms with Gasteiger partial charge in [-0.2, -0.15) is 5.26 Å². The van der Waals surface area contributed by atoms with Gasteiger partial charge in [0.25, 0.3) is 0 Å². The summed E-state index contributed by atoms with van der Waals surface area (Å²) in [5.74, 6) is 0.309. The molecule has 0 unspecified atom stereocenters. The molecule has 2 N–H and O–H groups in total. The summed E-state index contributed by atoms with van der Waals surface area (Å²) in [6.45, 7) is 0.735. The quantitative estimate of drug-likeness (QED) is 0.908. The molecule has 0 bridgehead atoms. The second kappa shape index (κ2) is 6.69. The van der Waals surface area contributed by atoms with Crippen molar-refractivity contribution in [2.45, 2.75) is 13.0 Å². The van der Waals surface area contributed by atoms with E-state index in [-0.39, 0.29) is 12.4 Å². The molecule has 0 aliphatic heterocycles. The zero-order valence-corrected chi connectivity index (χ0v) is 11.0. The van der Waals surface area contributed by atoms with Gasteiger partial charge >= 0.3 is 0 Å². The number of nitriles is 1. The number of rotatable bonds is 5. The molecule has 3 nitrogen and oxygen atoms in total. The highest BCUT2D eigenvalue weighted by molar-refractivity contribution is 5.38. The Morgan fingerprint density at radius 2 is 2.05 bits per heavy atom. The van der Waals surface area contributed by atoms with E-state index in [1.807, 2.05) is 30.3 Å². The zero-order valence-electron chi connectivity index (χ0n) is 11.0. The Balaban J connectivity index is 2.11. The van der Waals surface area contributed by atoms with Gasteiger partial charge in [-0.1, -0.05) is 12.1 Å². The lowest BCUT2D eigenvalue weighted by molar-refractivity contribution is 0.305. The van der Waals surface area contributed by atoms with Crippen molar-refractivity contribution in [3.8, 4) is 11.8 Å². The van der Waals surface area contributed by atoms with E-state index in [0.717, 1.165) is 12.0 Å². The zero-order chi connectivity index (χ0) is 14.4. The van der Waals surface area contributed by atoms with Crippen LogP contribution in [0.3, 0.4) is 0 Å². The third-order valence-corrected chi connectivity index (χ3v) is 2.91. The van der Waals surface area contributed by atoms with Gasteiger partial charge in [-0.15, -0.1) is 0 Å². The summed E-state index contributed by atoms with van der Waals surface area (Å²) >= 11 is 0. The predicted octanol–water partition coefficient (Wildman–Crippen LogP) is 2.78. The van der Waals surface area contributed by atoms with Crippen LogP contribution in [0.5, 0.6) is 5.75 Å². The first-order chi connectivity index (χ1) is 9.72. The standard InChI is InChI=1S/C16H15FN2O/c17-15-5-4-13(10-19)14(9-15)11-20-16-3-1-2-12(8-16)6-7-18/h1-5,8-9H,6-7,11,18H2. The number of halogens is 1. The third kappa shape index (κ3) is 3.56. The van der Waals surface area contributed by atoms with Crippen molar-refractivity contribution in [3.63, 3.8) is 0 Å². The molecule has 0 saturated heterocycles. The van der Waals surface area contributed by atoms with Crippen LogP contribution in [0.2, 0.25) is 0 Å². The molecule has 0 amide bonds. The highest BCUT2D eigenvalue weighted by Gasteiger charge is 2.05. The van der Waals surface area contributed by atoms with Crippen LogP contribution in [0.1, 0.15) is 16.7 Å². The molecule has 20 heavy (non-hydrogen) atoms. The van der Waals surface area contributed by atoms with Crippen LogP contribution in [0.25, 0.3) is 0 Å². The van der Waals surface area contributed by atoms with Crippen LogP contribution in [0, 0.1) is 17.1 Å². The van der Waals surface area contributed by atoms with E-state index in [9.17, 15) is 4.39 Å². The Hall–Kier alpha value is -2.38. The second-order valence-corrected chi connectivity index (χ2v) is 4.39. The summed E-state index contributed by atoms with van der Waals surface area (Å²) in [4.78, 5) is 0. The highest BCUT2D eigenvalue weighted by Crippen LogP contribution is 2.17. The Morgan fingerprint density at radius 1 is 1.20 bits per heavy atom. The molecule has 0 aromatic heterocycles. The molecular formula is C16H15FN2O. The van der Waals surface area contributed by atoms with Crippen LogP contribution >= 0.6 is 0 Å². The smallest absolute Gasteiger partial charge is 0.123 e. The van der Waals surface area contributed by atoms with E-state index in [1.54, 1.807) is 0 Å². The normalized spacial score (nSPS) is 10.1.